The fourth-order valence-corrected chi connectivity index (χ4v) is 0.468. The fraction of sp³-hybridized carbons (Fsp3) is 0.667. The lowest BCUT2D eigenvalue weighted by Gasteiger charge is -1.99. The Kier molecular flexibility index (Phi) is 4.19. The Morgan fingerprint density at radius 2 is 2.25 bits per heavy atom. The van der Waals surface area contributed by atoms with E-state index in [0.717, 1.165) is 4.48 Å². The number of hydrogen-bond acceptors (Lipinski definition) is 1. The van der Waals surface area contributed by atoms with Crippen LogP contribution in [0.15, 0.2) is 10.6 Å². The quantitative estimate of drug-likeness (QED) is 0.686. The Morgan fingerprint density at radius 1 is 1.75 bits per heavy atom. The van der Waals surface area contributed by atoms with Gasteiger partial charge in [0.15, 0.2) is 0 Å². The molecule has 0 aromatic rings. The molecule has 0 aliphatic carbocycles. The van der Waals surface area contributed by atoms with Crippen molar-refractivity contribution in [1.29, 1.82) is 0 Å². The van der Waals surface area contributed by atoms with Crippen molar-refractivity contribution in [3.05, 3.63) is 10.6 Å². The standard InChI is InChI=1S/C6H11BrO/c1-5(2)6(7)3-4-8/h3,5,8H,4H2,1-2H3/b6-3-. The van der Waals surface area contributed by atoms with Gasteiger partial charge in [0.25, 0.3) is 0 Å². The van der Waals surface area contributed by atoms with Gasteiger partial charge in [-0.1, -0.05) is 29.8 Å². The molecule has 0 aliphatic heterocycles. The maximum atomic E-state index is 8.38. The van der Waals surface area contributed by atoms with Crippen molar-refractivity contribution in [2.75, 3.05) is 6.61 Å². The van der Waals surface area contributed by atoms with E-state index in [9.17, 15) is 0 Å². The second-order valence-corrected chi connectivity index (χ2v) is 2.84. The first-order valence-corrected chi connectivity index (χ1v) is 3.44. The Hall–Kier alpha value is 0.180. The second-order valence-electron chi connectivity index (χ2n) is 1.93. The van der Waals surface area contributed by atoms with Gasteiger partial charge in [0.1, 0.15) is 0 Å². The summed E-state index contributed by atoms with van der Waals surface area (Å²) >= 11 is 3.30. The van der Waals surface area contributed by atoms with Crippen molar-refractivity contribution in [1.82, 2.24) is 0 Å². The lowest BCUT2D eigenvalue weighted by molar-refractivity contribution is 0.341. The summed E-state index contributed by atoms with van der Waals surface area (Å²) in [5.41, 5.74) is 0. The van der Waals surface area contributed by atoms with Crippen molar-refractivity contribution in [2.24, 2.45) is 5.92 Å². The molecule has 1 nitrogen and oxygen atoms in total. The van der Waals surface area contributed by atoms with Gasteiger partial charge in [-0.3, -0.25) is 0 Å². The van der Waals surface area contributed by atoms with Crippen molar-refractivity contribution in [3.63, 3.8) is 0 Å². The largest absolute Gasteiger partial charge is 0.392 e. The minimum absolute atomic E-state index is 0.124. The average molecular weight is 179 g/mol. The van der Waals surface area contributed by atoms with Crippen molar-refractivity contribution in [2.45, 2.75) is 13.8 Å². The van der Waals surface area contributed by atoms with Gasteiger partial charge in [-0.25, -0.2) is 0 Å². The van der Waals surface area contributed by atoms with Crippen LogP contribution in [0.1, 0.15) is 13.8 Å². The Bertz CT molecular complexity index is 86.5. The first-order valence-electron chi connectivity index (χ1n) is 2.65. The van der Waals surface area contributed by atoms with E-state index in [1.165, 1.54) is 0 Å². The third kappa shape index (κ3) is 3.22. The Labute approximate surface area is 58.5 Å². The van der Waals surface area contributed by atoms with Crippen molar-refractivity contribution >= 4 is 15.9 Å². The van der Waals surface area contributed by atoms with Crippen LogP contribution in [0.25, 0.3) is 0 Å². The van der Waals surface area contributed by atoms with Gasteiger partial charge in [-0.15, -0.1) is 0 Å². The van der Waals surface area contributed by atoms with Gasteiger partial charge in [0.2, 0.25) is 0 Å². The summed E-state index contributed by atoms with van der Waals surface area (Å²) in [6.07, 6.45) is 1.75. The van der Waals surface area contributed by atoms with Crippen LogP contribution in [-0.2, 0) is 0 Å². The summed E-state index contributed by atoms with van der Waals surface area (Å²) in [6.45, 7) is 4.26. The summed E-state index contributed by atoms with van der Waals surface area (Å²) in [7, 11) is 0. The molecular formula is C6H11BrO. The first-order chi connectivity index (χ1) is 3.68. The Morgan fingerprint density at radius 3 is 2.38 bits per heavy atom. The second kappa shape index (κ2) is 4.10. The van der Waals surface area contributed by atoms with Crippen LogP contribution >= 0.6 is 15.9 Å². The van der Waals surface area contributed by atoms with E-state index in [1.807, 2.05) is 0 Å². The molecule has 0 saturated carbocycles. The highest BCUT2D eigenvalue weighted by molar-refractivity contribution is 9.11. The molecule has 0 saturated heterocycles. The van der Waals surface area contributed by atoms with E-state index in [-0.39, 0.29) is 6.61 Å². The highest BCUT2D eigenvalue weighted by atomic mass is 79.9. The SMILES string of the molecule is CC(C)/C(Br)=C/CO. The highest BCUT2D eigenvalue weighted by Crippen LogP contribution is 2.15. The monoisotopic (exact) mass is 178 g/mol. The molecule has 0 bridgehead atoms. The van der Waals surface area contributed by atoms with Gasteiger partial charge in [-0.2, -0.15) is 0 Å². The molecule has 0 rings (SSSR count). The van der Waals surface area contributed by atoms with Crippen LogP contribution < -0.4 is 0 Å². The molecule has 0 atom stereocenters. The van der Waals surface area contributed by atoms with E-state index < -0.39 is 0 Å². The van der Waals surface area contributed by atoms with Crippen molar-refractivity contribution < 1.29 is 5.11 Å². The molecule has 8 heavy (non-hydrogen) atoms. The lowest BCUT2D eigenvalue weighted by Crippen LogP contribution is -1.86. The van der Waals surface area contributed by atoms with Crippen LogP contribution in [0.3, 0.4) is 0 Å². The molecule has 0 radical (unpaired) electrons. The molecule has 48 valence electrons. The zero-order chi connectivity index (χ0) is 6.57. The topological polar surface area (TPSA) is 20.2 Å². The minimum atomic E-state index is 0.124. The summed E-state index contributed by atoms with van der Waals surface area (Å²) in [5.74, 6) is 0.488. The molecule has 0 aliphatic rings. The summed E-state index contributed by atoms with van der Waals surface area (Å²) in [6, 6.07) is 0. The normalized spacial score (nSPS) is 12.9. The van der Waals surface area contributed by atoms with E-state index in [4.69, 9.17) is 5.11 Å². The summed E-state index contributed by atoms with van der Waals surface area (Å²) in [4.78, 5) is 0. The maximum Gasteiger partial charge on any atom is 0.0623 e. The van der Waals surface area contributed by atoms with Crippen LogP contribution in [0.4, 0.5) is 0 Å². The zero-order valence-corrected chi connectivity index (χ0v) is 6.77. The summed E-state index contributed by atoms with van der Waals surface area (Å²) in [5, 5.41) is 8.38. The molecule has 0 fully saturated rings. The van der Waals surface area contributed by atoms with E-state index in [2.05, 4.69) is 29.8 Å². The van der Waals surface area contributed by atoms with Gasteiger partial charge >= 0.3 is 0 Å². The Balaban J connectivity index is 3.61. The predicted octanol–water partition coefficient (Wildman–Crippen LogP) is 1.91. The smallest absolute Gasteiger partial charge is 0.0623 e. The fourth-order valence-electron chi connectivity index (χ4n) is 0.323. The number of aliphatic hydroxyl groups excluding tert-OH is 1. The molecule has 0 aromatic carbocycles. The van der Waals surface area contributed by atoms with Gasteiger partial charge < -0.3 is 5.11 Å². The average Bonchev–Trinajstić information content (AvgIpc) is 1.67. The number of allylic oxidation sites excluding steroid dienone is 1. The van der Waals surface area contributed by atoms with E-state index in [1.54, 1.807) is 6.08 Å². The van der Waals surface area contributed by atoms with Crippen LogP contribution in [0.5, 0.6) is 0 Å². The zero-order valence-electron chi connectivity index (χ0n) is 5.19. The molecule has 0 amide bonds. The maximum absolute atomic E-state index is 8.38. The molecule has 0 unspecified atom stereocenters. The van der Waals surface area contributed by atoms with Gasteiger partial charge in [0, 0.05) is 0 Å². The summed E-state index contributed by atoms with van der Waals surface area (Å²) < 4.78 is 1.07. The van der Waals surface area contributed by atoms with Crippen LogP contribution in [0, 0.1) is 5.92 Å². The molecular weight excluding hydrogens is 168 g/mol. The first kappa shape index (κ1) is 8.18. The molecule has 0 heterocycles. The van der Waals surface area contributed by atoms with Crippen LogP contribution in [-0.4, -0.2) is 11.7 Å². The highest BCUT2D eigenvalue weighted by Gasteiger charge is 1.94. The van der Waals surface area contributed by atoms with Gasteiger partial charge in [-0.05, 0) is 16.5 Å². The van der Waals surface area contributed by atoms with Crippen molar-refractivity contribution in [3.8, 4) is 0 Å². The lowest BCUT2D eigenvalue weighted by atomic mass is 10.2. The number of hydrogen-bond donors (Lipinski definition) is 1. The molecule has 2 heteroatoms. The number of rotatable bonds is 2. The predicted molar refractivity (Wildman–Crippen MR) is 38.9 cm³/mol. The third-order valence-electron chi connectivity index (χ3n) is 0.838. The molecule has 0 spiro atoms. The molecule has 1 N–H and O–H groups in total. The third-order valence-corrected chi connectivity index (χ3v) is 2.08. The number of aliphatic hydroxyl groups is 1. The minimum Gasteiger partial charge on any atom is -0.392 e. The van der Waals surface area contributed by atoms with E-state index in [0.29, 0.717) is 5.92 Å². The van der Waals surface area contributed by atoms with Gasteiger partial charge in [0.05, 0.1) is 6.61 Å². The molecule has 0 aromatic heterocycles. The number of halogens is 1. The van der Waals surface area contributed by atoms with Crippen LogP contribution in [0.2, 0.25) is 0 Å². The van der Waals surface area contributed by atoms with E-state index >= 15 is 0 Å².